The van der Waals surface area contributed by atoms with E-state index in [1.54, 1.807) is 6.20 Å². The highest BCUT2D eigenvalue weighted by atomic mass is 16.2. The Morgan fingerprint density at radius 3 is 2.94 bits per heavy atom. The highest BCUT2D eigenvalue weighted by Crippen LogP contribution is 2.30. The van der Waals surface area contributed by atoms with E-state index in [4.69, 9.17) is 5.73 Å². The van der Waals surface area contributed by atoms with Gasteiger partial charge in [-0.1, -0.05) is 6.92 Å². The number of rotatable bonds is 4. The van der Waals surface area contributed by atoms with Crippen LogP contribution in [0.25, 0.3) is 0 Å². The van der Waals surface area contributed by atoms with Crippen molar-refractivity contribution in [1.82, 2.24) is 14.7 Å². The van der Waals surface area contributed by atoms with Gasteiger partial charge in [-0.15, -0.1) is 0 Å². The van der Waals surface area contributed by atoms with Gasteiger partial charge in [0.25, 0.3) is 0 Å². The highest BCUT2D eigenvalue weighted by molar-refractivity contribution is 5.77. The summed E-state index contributed by atoms with van der Waals surface area (Å²) in [7, 11) is 0. The molecule has 2 heterocycles. The molecule has 1 saturated heterocycles. The topological polar surface area (TPSA) is 64.2 Å². The summed E-state index contributed by atoms with van der Waals surface area (Å²) in [4.78, 5) is 13.9. The highest BCUT2D eigenvalue weighted by Gasteiger charge is 2.35. The summed E-state index contributed by atoms with van der Waals surface area (Å²) in [5, 5.41) is 4.33. The van der Waals surface area contributed by atoms with Crippen LogP contribution in [0.5, 0.6) is 0 Å². The number of nitrogens with two attached hydrogens (primary N) is 1. The third-order valence-electron chi connectivity index (χ3n) is 3.58. The van der Waals surface area contributed by atoms with Gasteiger partial charge in [0, 0.05) is 31.7 Å². The molecule has 2 unspecified atom stereocenters. The second-order valence-corrected chi connectivity index (χ2v) is 4.81. The molecule has 2 rings (SSSR count). The van der Waals surface area contributed by atoms with Crippen LogP contribution in [0.3, 0.4) is 0 Å². The number of likely N-dealkylation sites (N-methyl/N-ethyl adjacent to an activating group) is 1. The van der Waals surface area contributed by atoms with E-state index in [9.17, 15) is 4.79 Å². The van der Waals surface area contributed by atoms with Crippen LogP contribution in [0.2, 0.25) is 0 Å². The van der Waals surface area contributed by atoms with E-state index < -0.39 is 0 Å². The molecule has 2 atom stereocenters. The van der Waals surface area contributed by atoms with Gasteiger partial charge < -0.3 is 10.6 Å². The summed E-state index contributed by atoms with van der Waals surface area (Å²) in [5.41, 5.74) is 7.30. The van der Waals surface area contributed by atoms with Crippen molar-refractivity contribution >= 4 is 5.91 Å². The molecule has 2 N–H and O–H groups in total. The fourth-order valence-corrected chi connectivity index (χ4v) is 2.72. The van der Waals surface area contributed by atoms with Crippen molar-refractivity contribution in [2.24, 2.45) is 5.73 Å². The molecule has 1 aliphatic rings. The lowest BCUT2D eigenvalue weighted by molar-refractivity contribution is -0.137. The average Bonchev–Trinajstić information content (AvgIpc) is 2.80. The van der Waals surface area contributed by atoms with E-state index in [0.29, 0.717) is 13.0 Å². The van der Waals surface area contributed by atoms with Gasteiger partial charge in [0.15, 0.2) is 0 Å². The van der Waals surface area contributed by atoms with E-state index in [0.717, 1.165) is 25.1 Å². The molecule has 0 aliphatic carbocycles. The smallest absolute Gasteiger partial charge is 0.223 e. The van der Waals surface area contributed by atoms with E-state index in [1.807, 2.05) is 22.6 Å². The summed E-state index contributed by atoms with van der Waals surface area (Å²) in [5.74, 6) is 0.202. The molecule has 5 heteroatoms. The summed E-state index contributed by atoms with van der Waals surface area (Å²) in [6.07, 6.45) is 4.14. The fourth-order valence-electron chi connectivity index (χ4n) is 2.72. The Morgan fingerprint density at radius 1 is 1.50 bits per heavy atom. The number of carbonyl (C=O) groups excluding carboxylic acids is 1. The molecule has 18 heavy (non-hydrogen) atoms. The molecule has 0 spiro atoms. The van der Waals surface area contributed by atoms with Crippen LogP contribution in [0.4, 0.5) is 0 Å². The zero-order valence-corrected chi connectivity index (χ0v) is 11.2. The minimum absolute atomic E-state index is 0.00922. The first-order valence-corrected chi connectivity index (χ1v) is 6.75. The third kappa shape index (κ3) is 2.27. The van der Waals surface area contributed by atoms with Crippen LogP contribution in [0.1, 0.15) is 44.8 Å². The standard InChI is InChI=1S/C13H22N4O/c1-3-9-17-11(7-8-15-17)13-10(14)5-6-12(18)16(13)4-2/h7-8,10,13H,3-6,9,14H2,1-2H3. The van der Waals surface area contributed by atoms with Crippen LogP contribution in [-0.2, 0) is 11.3 Å². The zero-order chi connectivity index (χ0) is 13.1. The Morgan fingerprint density at radius 2 is 2.28 bits per heavy atom. The lowest BCUT2D eigenvalue weighted by Gasteiger charge is -2.39. The van der Waals surface area contributed by atoms with Gasteiger partial charge in [0.05, 0.1) is 11.7 Å². The lowest BCUT2D eigenvalue weighted by Crippen LogP contribution is -2.49. The van der Waals surface area contributed by atoms with Gasteiger partial charge in [-0.05, 0) is 25.8 Å². The SMILES string of the molecule is CCCn1nccc1C1C(N)CCC(=O)N1CC. The molecular weight excluding hydrogens is 228 g/mol. The van der Waals surface area contributed by atoms with Crippen LogP contribution < -0.4 is 5.73 Å². The maximum atomic E-state index is 12.0. The van der Waals surface area contributed by atoms with Crippen molar-refractivity contribution in [3.05, 3.63) is 18.0 Å². The first-order valence-electron chi connectivity index (χ1n) is 6.75. The fraction of sp³-hybridized carbons (Fsp3) is 0.692. The first-order chi connectivity index (χ1) is 8.69. The molecular formula is C13H22N4O. The number of hydrogen-bond acceptors (Lipinski definition) is 3. The zero-order valence-electron chi connectivity index (χ0n) is 11.2. The second-order valence-electron chi connectivity index (χ2n) is 4.81. The molecule has 0 radical (unpaired) electrons. The third-order valence-corrected chi connectivity index (χ3v) is 3.58. The van der Waals surface area contributed by atoms with Gasteiger partial charge in [-0.2, -0.15) is 5.10 Å². The van der Waals surface area contributed by atoms with Crippen molar-refractivity contribution in [1.29, 1.82) is 0 Å². The van der Waals surface area contributed by atoms with Crippen LogP contribution >= 0.6 is 0 Å². The van der Waals surface area contributed by atoms with E-state index in [2.05, 4.69) is 12.0 Å². The molecule has 100 valence electrons. The molecule has 1 fully saturated rings. The number of piperidine rings is 1. The Balaban J connectivity index is 2.32. The minimum Gasteiger partial charge on any atom is -0.333 e. The van der Waals surface area contributed by atoms with Gasteiger partial charge in [-0.3, -0.25) is 9.48 Å². The van der Waals surface area contributed by atoms with Gasteiger partial charge in [-0.25, -0.2) is 0 Å². The predicted octanol–water partition coefficient (Wildman–Crippen LogP) is 1.30. The molecule has 0 saturated carbocycles. The maximum Gasteiger partial charge on any atom is 0.223 e. The normalized spacial score (nSPS) is 24.6. The Hall–Kier alpha value is -1.36. The number of aryl methyl sites for hydroxylation is 1. The van der Waals surface area contributed by atoms with Crippen molar-refractivity contribution in [2.45, 2.75) is 51.7 Å². The van der Waals surface area contributed by atoms with Crippen molar-refractivity contribution in [2.75, 3.05) is 6.54 Å². The number of nitrogens with zero attached hydrogens (tertiary/aromatic N) is 3. The second kappa shape index (κ2) is 5.52. The van der Waals surface area contributed by atoms with Gasteiger partial charge in [0.1, 0.15) is 0 Å². The van der Waals surface area contributed by atoms with E-state index >= 15 is 0 Å². The van der Waals surface area contributed by atoms with Gasteiger partial charge >= 0.3 is 0 Å². The number of likely N-dealkylation sites (tertiary alicyclic amines) is 1. The summed E-state index contributed by atoms with van der Waals surface area (Å²) in [6.45, 7) is 5.70. The Labute approximate surface area is 108 Å². The van der Waals surface area contributed by atoms with Crippen molar-refractivity contribution < 1.29 is 4.79 Å². The van der Waals surface area contributed by atoms with E-state index in [1.165, 1.54) is 0 Å². The average molecular weight is 250 g/mol. The predicted molar refractivity (Wildman–Crippen MR) is 69.9 cm³/mol. The molecule has 5 nitrogen and oxygen atoms in total. The number of carbonyl (C=O) groups is 1. The molecule has 0 aromatic carbocycles. The number of amides is 1. The summed E-state index contributed by atoms with van der Waals surface area (Å²) < 4.78 is 1.98. The molecule has 1 aliphatic heterocycles. The van der Waals surface area contributed by atoms with Gasteiger partial charge in [0.2, 0.25) is 5.91 Å². The Kier molecular flexibility index (Phi) is 4.01. The summed E-state index contributed by atoms with van der Waals surface area (Å²) >= 11 is 0. The van der Waals surface area contributed by atoms with Crippen molar-refractivity contribution in [3.8, 4) is 0 Å². The van der Waals surface area contributed by atoms with Crippen LogP contribution in [-0.4, -0.2) is 33.2 Å². The number of hydrogen-bond donors (Lipinski definition) is 1. The van der Waals surface area contributed by atoms with Crippen LogP contribution in [0, 0.1) is 0 Å². The molecule has 0 bridgehead atoms. The van der Waals surface area contributed by atoms with Crippen LogP contribution in [0.15, 0.2) is 12.3 Å². The maximum absolute atomic E-state index is 12.0. The van der Waals surface area contributed by atoms with E-state index in [-0.39, 0.29) is 18.0 Å². The monoisotopic (exact) mass is 250 g/mol. The molecule has 1 amide bonds. The first kappa shape index (κ1) is 13.1. The van der Waals surface area contributed by atoms with Crippen molar-refractivity contribution in [3.63, 3.8) is 0 Å². The minimum atomic E-state index is -0.0229. The quantitative estimate of drug-likeness (QED) is 0.876. The number of aromatic nitrogens is 2. The molecule has 1 aromatic rings. The Bertz CT molecular complexity index is 415. The lowest BCUT2D eigenvalue weighted by atomic mass is 9.93. The molecule has 1 aromatic heterocycles. The largest absolute Gasteiger partial charge is 0.333 e. The summed E-state index contributed by atoms with van der Waals surface area (Å²) in [6, 6.07) is 1.97.